The second-order valence-electron chi connectivity index (χ2n) is 6.11. The van der Waals surface area contributed by atoms with E-state index in [-0.39, 0.29) is 12.5 Å². The number of aliphatic carboxylic acids is 1. The summed E-state index contributed by atoms with van der Waals surface area (Å²) in [5.74, 6) is -2.53. The first kappa shape index (κ1) is 24.6. The van der Waals surface area contributed by atoms with Crippen LogP contribution in [0.5, 0.6) is 5.75 Å². The summed E-state index contributed by atoms with van der Waals surface area (Å²) < 4.78 is 37.2. The molecular formula is C20H21F3N2O5. The number of carbonyl (C=O) groups excluding carboxylic acids is 2. The highest BCUT2D eigenvalue weighted by molar-refractivity contribution is 5.81. The third-order valence-corrected chi connectivity index (χ3v) is 3.59. The minimum Gasteiger partial charge on any atom is -0.491 e. The number of alkyl halides is 3. The van der Waals surface area contributed by atoms with Gasteiger partial charge in [0.2, 0.25) is 5.91 Å². The number of aldehydes is 1. The van der Waals surface area contributed by atoms with Crippen molar-refractivity contribution in [1.29, 1.82) is 0 Å². The summed E-state index contributed by atoms with van der Waals surface area (Å²) in [5.41, 5.74) is 8.51. The summed E-state index contributed by atoms with van der Waals surface area (Å²) in [6.45, 7) is 2.48. The first-order chi connectivity index (χ1) is 14.0. The molecule has 0 radical (unpaired) electrons. The summed E-state index contributed by atoms with van der Waals surface area (Å²) in [6, 6.07) is 13.8. The van der Waals surface area contributed by atoms with Gasteiger partial charge in [-0.2, -0.15) is 13.2 Å². The molecule has 162 valence electrons. The van der Waals surface area contributed by atoms with Gasteiger partial charge >= 0.3 is 12.1 Å². The molecule has 0 aliphatic heterocycles. The number of ether oxygens (including phenoxy) is 1. The number of carboxylic acid groups (broad SMARTS) is 1. The standard InChI is InChI=1S/C18H20N2O3.C2HF3O2/c1-13-5-7-14(8-6-13)10-20-18(22)17(19)12-23-16-4-2-3-15(9-16)11-21;3-2(4,5)1(6)7/h2-9,11,17H,10,12,19H2,1H3,(H,20,22);(H,6,7)/t17-;/m0./s1. The summed E-state index contributed by atoms with van der Waals surface area (Å²) in [5, 5.41) is 9.90. The van der Waals surface area contributed by atoms with Crippen LogP contribution in [0, 0.1) is 6.92 Å². The molecule has 0 heterocycles. The van der Waals surface area contributed by atoms with Crippen LogP contribution >= 0.6 is 0 Å². The first-order valence-corrected chi connectivity index (χ1v) is 8.60. The molecule has 4 N–H and O–H groups in total. The fourth-order valence-electron chi connectivity index (χ4n) is 1.97. The van der Waals surface area contributed by atoms with Crippen LogP contribution in [-0.4, -0.2) is 42.1 Å². The highest BCUT2D eigenvalue weighted by Gasteiger charge is 2.38. The monoisotopic (exact) mass is 426 g/mol. The number of hydrogen-bond donors (Lipinski definition) is 3. The second-order valence-corrected chi connectivity index (χ2v) is 6.11. The van der Waals surface area contributed by atoms with Gasteiger partial charge in [0.25, 0.3) is 0 Å². The van der Waals surface area contributed by atoms with Crippen LogP contribution in [0.1, 0.15) is 21.5 Å². The minimum absolute atomic E-state index is 0.0437. The van der Waals surface area contributed by atoms with E-state index in [1.807, 2.05) is 31.2 Å². The van der Waals surface area contributed by atoms with Gasteiger partial charge in [-0.25, -0.2) is 4.79 Å². The molecule has 2 aromatic rings. The molecule has 0 saturated carbocycles. The Morgan fingerprint density at radius 2 is 1.80 bits per heavy atom. The van der Waals surface area contributed by atoms with Gasteiger partial charge in [-0.1, -0.05) is 42.0 Å². The normalized spacial score (nSPS) is 11.5. The van der Waals surface area contributed by atoms with Crippen molar-refractivity contribution in [3.63, 3.8) is 0 Å². The fourth-order valence-corrected chi connectivity index (χ4v) is 1.97. The number of amides is 1. The van der Waals surface area contributed by atoms with Gasteiger partial charge in [0, 0.05) is 12.1 Å². The average Bonchev–Trinajstić information content (AvgIpc) is 2.71. The molecule has 0 bridgehead atoms. The predicted octanol–water partition coefficient (Wildman–Crippen LogP) is 2.46. The largest absolute Gasteiger partial charge is 0.491 e. The number of hydrogen-bond acceptors (Lipinski definition) is 5. The molecule has 0 aliphatic carbocycles. The van der Waals surface area contributed by atoms with Crippen molar-refractivity contribution in [3.8, 4) is 5.75 Å². The quantitative estimate of drug-likeness (QED) is 0.586. The van der Waals surface area contributed by atoms with Crippen LogP contribution in [0.2, 0.25) is 0 Å². The SMILES string of the molecule is Cc1ccc(CNC(=O)[C@@H](N)COc2cccc(C=O)c2)cc1.O=C(O)C(F)(F)F. The maximum absolute atomic E-state index is 12.0. The van der Waals surface area contributed by atoms with Crippen LogP contribution in [0.15, 0.2) is 48.5 Å². The molecule has 2 rings (SSSR count). The Labute approximate surface area is 170 Å². The Kier molecular flexibility index (Phi) is 9.50. The fraction of sp³-hybridized carbons (Fsp3) is 0.250. The molecule has 0 saturated heterocycles. The van der Waals surface area contributed by atoms with E-state index in [1.165, 1.54) is 5.56 Å². The van der Waals surface area contributed by atoms with Crippen molar-refractivity contribution in [3.05, 3.63) is 65.2 Å². The van der Waals surface area contributed by atoms with Crippen molar-refractivity contribution >= 4 is 18.2 Å². The molecule has 0 unspecified atom stereocenters. The Hall–Kier alpha value is -3.40. The average molecular weight is 426 g/mol. The predicted molar refractivity (Wildman–Crippen MR) is 102 cm³/mol. The number of rotatable bonds is 7. The van der Waals surface area contributed by atoms with Crippen LogP contribution in [-0.2, 0) is 16.1 Å². The molecule has 2 aromatic carbocycles. The number of carboxylic acids is 1. The minimum atomic E-state index is -5.08. The van der Waals surface area contributed by atoms with Gasteiger partial charge in [-0.05, 0) is 24.6 Å². The molecule has 0 fully saturated rings. The van der Waals surface area contributed by atoms with Gasteiger partial charge in [0.15, 0.2) is 0 Å². The second kappa shape index (κ2) is 11.6. The lowest BCUT2D eigenvalue weighted by molar-refractivity contribution is -0.192. The lowest BCUT2D eigenvalue weighted by Crippen LogP contribution is -2.44. The molecule has 30 heavy (non-hydrogen) atoms. The maximum Gasteiger partial charge on any atom is 0.490 e. The van der Waals surface area contributed by atoms with E-state index in [4.69, 9.17) is 20.4 Å². The summed E-state index contributed by atoms with van der Waals surface area (Å²) >= 11 is 0. The van der Waals surface area contributed by atoms with Crippen LogP contribution < -0.4 is 15.8 Å². The molecule has 1 atom stereocenters. The number of aryl methyl sites for hydroxylation is 1. The number of nitrogens with one attached hydrogen (secondary N) is 1. The topological polar surface area (TPSA) is 119 Å². The third kappa shape index (κ3) is 9.20. The van der Waals surface area contributed by atoms with Gasteiger partial charge in [-0.3, -0.25) is 9.59 Å². The number of halogens is 3. The molecular weight excluding hydrogens is 405 g/mol. The van der Waals surface area contributed by atoms with E-state index in [2.05, 4.69) is 5.32 Å². The van der Waals surface area contributed by atoms with Gasteiger partial charge < -0.3 is 20.9 Å². The maximum atomic E-state index is 12.0. The highest BCUT2D eigenvalue weighted by Crippen LogP contribution is 2.13. The molecule has 10 heteroatoms. The lowest BCUT2D eigenvalue weighted by atomic mass is 10.1. The lowest BCUT2D eigenvalue weighted by Gasteiger charge is -2.14. The van der Waals surface area contributed by atoms with Crippen LogP contribution in [0.3, 0.4) is 0 Å². The Morgan fingerprint density at radius 1 is 1.20 bits per heavy atom. The van der Waals surface area contributed by atoms with Gasteiger partial charge in [0.05, 0.1) is 0 Å². The zero-order valence-corrected chi connectivity index (χ0v) is 16.0. The number of benzene rings is 2. The van der Waals surface area contributed by atoms with E-state index in [0.29, 0.717) is 17.9 Å². The van der Waals surface area contributed by atoms with E-state index in [0.717, 1.165) is 11.8 Å². The van der Waals surface area contributed by atoms with Crippen molar-refractivity contribution < 1.29 is 37.4 Å². The van der Waals surface area contributed by atoms with E-state index < -0.39 is 18.2 Å². The van der Waals surface area contributed by atoms with E-state index in [1.54, 1.807) is 24.3 Å². The molecule has 1 amide bonds. The smallest absolute Gasteiger partial charge is 0.490 e. The first-order valence-electron chi connectivity index (χ1n) is 8.60. The molecule has 7 nitrogen and oxygen atoms in total. The van der Waals surface area contributed by atoms with Gasteiger partial charge in [0.1, 0.15) is 24.7 Å². The molecule has 0 spiro atoms. The zero-order chi connectivity index (χ0) is 22.7. The van der Waals surface area contributed by atoms with Crippen molar-refractivity contribution in [2.75, 3.05) is 6.61 Å². The number of carbonyl (C=O) groups is 3. The van der Waals surface area contributed by atoms with Crippen LogP contribution in [0.25, 0.3) is 0 Å². The summed E-state index contributed by atoms with van der Waals surface area (Å²) in [6.07, 6.45) is -4.35. The summed E-state index contributed by atoms with van der Waals surface area (Å²) in [7, 11) is 0. The Bertz CT molecular complexity index is 854. The molecule has 0 aliphatic rings. The Morgan fingerprint density at radius 3 is 2.33 bits per heavy atom. The van der Waals surface area contributed by atoms with Crippen molar-refractivity contribution in [2.45, 2.75) is 25.7 Å². The number of nitrogens with two attached hydrogens (primary N) is 1. The third-order valence-electron chi connectivity index (χ3n) is 3.59. The zero-order valence-electron chi connectivity index (χ0n) is 16.0. The van der Waals surface area contributed by atoms with Crippen molar-refractivity contribution in [2.24, 2.45) is 5.73 Å². The highest BCUT2D eigenvalue weighted by atomic mass is 19.4. The van der Waals surface area contributed by atoms with E-state index >= 15 is 0 Å². The molecule has 0 aromatic heterocycles. The van der Waals surface area contributed by atoms with Crippen molar-refractivity contribution in [1.82, 2.24) is 5.32 Å². The van der Waals surface area contributed by atoms with Gasteiger partial charge in [-0.15, -0.1) is 0 Å². The Balaban J connectivity index is 0.000000553. The van der Waals surface area contributed by atoms with E-state index in [9.17, 15) is 22.8 Å². The summed E-state index contributed by atoms with van der Waals surface area (Å²) in [4.78, 5) is 31.6. The van der Waals surface area contributed by atoms with Crippen LogP contribution in [0.4, 0.5) is 13.2 Å².